The highest BCUT2D eigenvalue weighted by molar-refractivity contribution is 5.54. The second kappa shape index (κ2) is 3.03. The molecule has 0 spiro atoms. The summed E-state index contributed by atoms with van der Waals surface area (Å²) in [4.78, 5) is 0. The molecule has 1 aromatic rings. The number of nitrogens with zero attached hydrogens (tertiary/aromatic N) is 1. The van der Waals surface area contributed by atoms with E-state index in [1.807, 2.05) is 25.1 Å². The molecule has 1 rings (SSSR count). The summed E-state index contributed by atoms with van der Waals surface area (Å²) in [6.45, 7) is 5.66. The molecule has 0 amide bonds. The summed E-state index contributed by atoms with van der Waals surface area (Å²) in [6.07, 6.45) is 1.76. The van der Waals surface area contributed by atoms with Crippen molar-refractivity contribution < 1.29 is 0 Å². The van der Waals surface area contributed by atoms with Gasteiger partial charge in [0.15, 0.2) is 0 Å². The van der Waals surface area contributed by atoms with Crippen molar-refractivity contribution in [3.63, 3.8) is 0 Å². The van der Waals surface area contributed by atoms with Gasteiger partial charge >= 0.3 is 0 Å². The van der Waals surface area contributed by atoms with Crippen molar-refractivity contribution in [1.29, 1.82) is 5.26 Å². The van der Waals surface area contributed by atoms with Gasteiger partial charge in [0.1, 0.15) is 0 Å². The van der Waals surface area contributed by atoms with Crippen LogP contribution in [0, 0.1) is 18.3 Å². The predicted octanol–water partition coefficient (Wildman–Crippen LogP) is 2.51. The van der Waals surface area contributed by atoms with Gasteiger partial charge < -0.3 is 0 Å². The van der Waals surface area contributed by atoms with Crippen LogP contribution in [-0.4, -0.2) is 0 Å². The molecule has 0 radical (unpaired) electrons. The van der Waals surface area contributed by atoms with Crippen LogP contribution in [0.15, 0.2) is 24.8 Å². The molecule has 1 nitrogen and oxygen atoms in total. The highest BCUT2D eigenvalue weighted by Gasteiger charge is 1.94. The van der Waals surface area contributed by atoms with Crippen molar-refractivity contribution in [3.8, 4) is 6.07 Å². The molecule has 0 N–H and O–H groups in total. The Balaban J connectivity index is 3.25. The fraction of sp³-hybridized carbons (Fsp3) is 0.100. The van der Waals surface area contributed by atoms with Crippen LogP contribution in [0.1, 0.15) is 16.7 Å². The van der Waals surface area contributed by atoms with E-state index in [4.69, 9.17) is 5.26 Å². The first-order valence-corrected chi connectivity index (χ1v) is 3.41. The van der Waals surface area contributed by atoms with Crippen LogP contribution < -0.4 is 0 Å². The maximum atomic E-state index is 8.56. The topological polar surface area (TPSA) is 23.8 Å². The van der Waals surface area contributed by atoms with Gasteiger partial charge in [0.2, 0.25) is 0 Å². The molecule has 11 heavy (non-hydrogen) atoms. The molecular formula is C10H9N. The van der Waals surface area contributed by atoms with E-state index in [0.29, 0.717) is 5.56 Å². The zero-order valence-electron chi connectivity index (χ0n) is 6.46. The number of hydrogen-bond acceptors (Lipinski definition) is 1. The third-order valence-corrected chi connectivity index (χ3v) is 1.63. The quantitative estimate of drug-likeness (QED) is 0.592. The van der Waals surface area contributed by atoms with Crippen molar-refractivity contribution in [2.75, 3.05) is 0 Å². The Morgan fingerprint density at radius 1 is 1.55 bits per heavy atom. The monoisotopic (exact) mass is 143 g/mol. The van der Waals surface area contributed by atoms with E-state index in [1.54, 1.807) is 6.08 Å². The third-order valence-electron chi connectivity index (χ3n) is 1.63. The summed E-state index contributed by atoms with van der Waals surface area (Å²) in [7, 11) is 0. The van der Waals surface area contributed by atoms with E-state index >= 15 is 0 Å². The van der Waals surface area contributed by atoms with E-state index < -0.39 is 0 Å². The molecule has 1 heteroatoms. The van der Waals surface area contributed by atoms with Crippen LogP contribution in [0.5, 0.6) is 0 Å². The summed E-state index contributed by atoms with van der Waals surface area (Å²) in [5, 5.41) is 8.56. The van der Waals surface area contributed by atoms with Crippen LogP contribution in [0.3, 0.4) is 0 Å². The summed E-state index contributed by atoms with van der Waals surface area (Å²) < 4.78 is 0. The molecule has 54 valence electrons. The normalized spacial score (nSPS) is 8.73. The molecule has 1 aromatic carbocycles. The number of nitriles is 1. The fourth-order valence-electron chi connectivity index (χ4n) is 0.930. The van der Waals surface area contributed by atoms with Gasteiger partial charge in [0.25, 0.3) is 0 Å². The highest BCUT2D eigenvalue weighted by atomic mass is 14.2. The van der Waals surface area contributed by atoms with Crippen LogP contribution in [-0.2, 0) is 0 Å². The lowest BCUT2D eigenvalue weighted by atomic mass is 10.1. The Morgan fingerprint density at radius 3 is 2.82 bits per heavy atom. The van der Waals surface area contributed by atoms with Crippen molar-refractivity contribution >= 4 is 6.08 Å². The van der Waals surface area contributed by atoms with E-state index in [9.17, 15) is 0 Å². The smallest absolute Gasteiger partial charge is 0.0991 e. The van der Waals surface area contributed by atoms with E-state index in [2.05, 4.69) is 12.6 Å². The van der Waals surface area contributed by atoms with Gasteiger partial charge in [-0.05, 0) is 30.2 Å². The Hall–Kier alpha value is -1.55. The lowest BCUT2D eigenvalue weighted by molar-refractivity contribution is 1.41. The maximum Gasteiger partial charge on any atom is 0.0991 e. The Bertz CT molecular complexity index is 318. The molecule has 0 saturated carbocycles. The minimum absolute atomic E-state index is 0.686. The molecule has 0 bridgehead atoms. The van der Waals surface area contributed by atoms with Crippen LogP contribution in [0.4, 0.5) is 0 Å². The van der Waals surface area contributed by atoms with E-state index in [1.165, 1.54) is 0 Å². The molecule has 0 aliphatic carbocycles. The third kappa shape index (κ3) is 1.47. The van der Waals surface area contributed by atoms with E-state index in [0.717, 1.165) is 11.1 Å². The van der Waals surface area contributed by atoms with Crippen molar-refractivity contribution in [3.05, 3.63) is 41.5 Å². The Morgan fingerprint density at radius 2 is 2.27 bits per heavy atom. The summed E-state index contributed by atoms with van der Waals surface area (Å²) in [5.74, 6) is 0. The van der Waals surface area contributed by atoms with Crippen LogP contribution in [0.25, 0.3) is 6.08 Å². The maximum absolute atomic E-state index is 8.56. The highest BCUT2D eigenvalue weighted by Crippen LogP contribution is 2.11. The number of aryl methyl sites for hydroxylation is 1. The SMILES string of the molecule is C=Cc1cc(C#N)ccc1C. The standard InChI is InChI=1S/C10H9N/c1-3-10-6-9(7-11)5-4-8(10)2/h3-6H,1H2,2H3. The minimum Gasteiger partial charge on any atom is -0.192 e. The molecule has 0 fully saturated rings. The van der Waals surface area contributed by atoms with Gasteiger partial charge in [-0.15, -0.1) is 0 Å². The summed E-state index contributed by atoms with van der Waals surface area (Å²) in [6, 6.07) is 7.65. The van der Waals surface area contributed by atoms with Gasteiger partial charge in [-0.1, -0.05) is 18.7 Å². The predicted molar refractivity (Wildman–Crippen MR) is 46.0 cm³/mol. The molecule has 0 atom stereocenters. The van der Waals surface area contributed by atoms with Crippen LogP contribution in [0.2, 0.25) is 0 Å². The molecule has 0 unspecified atom stereocenters. The van der Waals surface area contributed by atoms with Gasteiger partial charge in [0, 0.05) is 0 Å². The van der Waals surface area contributed by atoms with Gasteiger partial charge in [-0.3, -0.25) is 0 Å². The number of hydrogen-bond donors (Lipinski definition) is 0. The zero-order chi connectivity index (χ0) is 8.27. The Labute approximate surface area is 66.6 Å². The lowest BCUT2D eigenvalue weighted by Gasteiger charge is -1.98. The first-order chi connectivity index (χ1) is 5.27. The largest absolute Gasteiger partial charge is 0.192 e. The second-order valence-electron chi connectivity index (χ2n) is 2.39. The Kier molecular flexibility index (Phi) is 2.08. The second-order valence-corrected chi connectivity index (χ2v) is 2.39. The first-order valence-electron chi connectivity index (χ1n) is 3.41. The minimum atomic E-state index is 0.686. The lowest BCUT2D eigenvalue weighted by Crippen LogP contribution is -1.81. The number of benzene rings is 1. The summed E-state index contributed by atoms with van der Waals surface area (Å²) >= 11 is 0. The molecular weight excluding hydrogens is 134 g/mol. The molecule has 0 aliphatic rings. The van der Waals surface area contributed by atoms with Crippen molar-refractivity contribution in [2.24, 2.45) is 0 Å². The molecule has 0 heterocycles. The van der Waals surface area contributed by atoms with Gasteiger partial charge in [-0.2, -0.15) is 5.26 Å². The van der Waals surface area contributed by atoms with Crippen molar-refractivity contribution in [2.45, 2.75) is 6.92 Å². The van der Waals surface area contributed by atoms with Gasteiger partial charge in [0.05, 0.1) is 11.6 Å². The molecule has 0 aliphatic heterocycles. The summed E-state index contributed by atoms with van der Waals surface area (Å²) in [5.41, 5.74) is 2.87. The first kappa shape index (κ1) is 7.56. The molecule has 0 saturated heterocycles. The zero-order valence-corrected chi connectivity index (χ0v) is 6.46. The number of rotatable bonds is 1. The molecule has 0 aromatic heterocycles. The van der Waals surface area contributed by atoms with Gasteiger partial charge in [-0.25, -0.2) is 0 Å². The fourth-order valence-corrected chi connectivity index (χ4v) is 0.930. The van der Waals surface area contributed by atoms with E-state index in [-0.39, 0.29) is 0 Å². The van der Waals surface area contributed by atoms with Crippen molar-refractivity contribution in [1.82, 2.24) is 0 Å². The average molecular weight is 143 g/mol. The van der Waals surface area contributed by atoms with Crippen LogP contribution >= 0.6 is 0 Å². The average Bonchev–Trinajstić information content (AvgIpc) is 2.05.